The Kier molecular flexibility index (Phi) is 8.33. The first-order valence-electron chi connectivity index (χ1n) is 12.3. The number of phenolic OH excluding ortho intramolecular Hbond substituents is 1. The summed E-state index contributed by atoms with van der Waals surface area (Å²) in [7, 11) is 0. The number of nitrogens with one attached hydrogen (secondary N) is 3. The highest BCUT2D eigenvalue weighted by Crippen LogP contribution is 2.36. The minimum atomic E-state index is -0.636. The van der Waals surface area contributed by atoms with Crippen molar-refractivity contribution in [2.75, 3.05) is 17.2 Å². The van der Waals surface area contributed by atoms with Crippen LogP contribution in [0.2, 0.25) is 0 Å². The molecule has 0 aliphatic carbocycles. The van der Waals surface area contributed by atoms with Crippen molar-refractivity contribution in [1.29, 1.82) is 5.26 Å². The normalized spacial score (nSPS) is 11.4. The first-order valence-corrected chi connectivity index (χ1v) is 12.3. The van der Waals surface area contributed by atoms with Gasteiger partial charge in [-0.2, -0.15) is 5.26 Å². The van der Waals surface area contributed by atoms with E-state index in [1.165, 1.54) is 24.5 Å². The lowest BCUT2D eigenvalue weighted by atomic mass is 9.97. The van der Waals surface area contributed by atoms with E-state index in [4.69, 9.17) is 4.42 Å². The summed E-state index contributed by atoms with van der Waals surface area (Å²) in [5.74, 6) is -1.91. The summed E-state index contributed by atoms with van der Waals surface area (Å²) in [6, 6.07) is 16.6. The summed E-state index contributed by atoms with van der Waals surface area (Å²) in [6.07, 6.45) is 1.94. The molecule has 0 aliphatic heterocycles. The molecule has 2 heterocycles. The molecule has 0 bridgehead atoms. The van der Waals surface area contributed by atoms with E-state index in [0.29, 0.717) is 29.8 Å². The SMILES string of the molecule is CCNC(CC)C(=O)Nc1cccc(-c2cc(-c3ccc(F)cc3O)nc(NC(=O)c3ccco3)c2C#N)c1. The van der Waals surface area contributed by atoms with Crippen molar-refractivity contribution in [2.24, 2.45) is 0 Å². The van der Waals surface area contributed by atoms with Crippen molar-refractivity contribution < 1.29 is 23.5 Å². The van der Waals surface area contributed by atoms with Gasteiger partial charge in [0.2, 0.25) is 5.91 Å². The van der Waals surface area contributed by atoms with Crippen molar-refractivity contribution in [2.45, 2.75) is 26.3 Å². The van der Waals surface area contributed by atoms with Gasteiger partial charge in [-0.1, -0.05) is 26.0 Å². The highest BCUT2D eigenvalue weighted by Gasteiger charge is 2.21. The Hall–Kier alpha value is -5.01. The van der Waals surface area contributed by atoms with E-state index < -0.39 is 11.7 Å². The maximum absolute atomic E-state index is 13.7. The fourth-order valence-electron chi connectivity index (χ4n) is 4.08. The van der Waals surface area contributed by atoms with Gasteiger partial charge in [-0.05, 0) is 61.0 Å². The molecule has 2 aromatic carbocycles. The summed E-state index contributed by atoms with van der Waals surface area (Å²) in [4.78, 5) is 29.9. The quantitative estimate of drug-likeness (QED) is 0.231. The fourth-order valence-corrected chi connectivity index (χ4v) is 4.08. The van der Waals surface area contributed by atoms with Crippen LogP contribution >= 0.6 is 0 Å². The van der Waals surface area contributed by atoms with Gasteiger partial charge in [0.1, 0.15) is 23.2 Å². The van der Waals surface area contributed by atoms with Crippen LogP contribution in [0.5, 0.6) is 5.75 Å². The minimum absolute atomic E-state index is 0.00755. The summed E-state index contributed by atoms with van der Waals surface area (Å²) in [5.41, 5.74) is 1.83. The van der Waals surface area contributed by atoms with Crippen LogP contribution < -0.4 is 16.0 Å². The highest BCUT2D eigenvalue weighted by molar-refractivity contribution is 6.03. The number of phenols is 1. The van der Waals surface area contributed by atoms with Gasteiger partial charge in [0, 0.05) is 22.9 Å². The lowest BCUT2D eigenvalue weighted by molar-refractivity contribution is -0.118. The molecule has 2 aromatic heterocycles. The Morgan fingerprint density at radius 2 is 1.90 bits per heavy atom. The molecular weight excluding hydrogens is 501 g/mol. The van der Waals surface area contributed by atoms with Crippen LogP contribution in [0.4, 0.5) is 15.9 Å². The van der Waals surface area contributed by atoms with Gasteiger partial charge in [0.25, 0.3) is 5.91 Å². The molecular formula is C29H26FN5O4. The summed E-state index contributed by atoms with van der Waals surface area (Å²) < 4.78 is 18.8. The third-order valence-corrected chi connectivity index (χ3v) is 5.96. The van der Waals surface area contributed by atoms with E-state index in [2.05, 4.69) is 27.0 Å². The number of aromatic nitrogens is 1. The smallest absolute Gasteiger partial charge is 0.292 e. The largest absolute Gasteiger partial charge is 0.507 e. The number of likely N-dealkylation sites (N-methyl/N-ethyl adjacent to an activating group) is 1. The van der Waals surface area contributed by atoms with Crippen molar-refractivity contribution in [3.05, 3.63) is 84.1 Å². The molecule has 39 heavy (non-hydrogen) atoms. The Labute approximate surface area is 224 Å². The zero-order valence-electron chi connectivity index (χ0n) is 21.3. The molecule has 1 atom stereocenters. The number of nitriles is 1. The number of benzene rings is 2. The number of nitrogens with zero attached hydrogens (tertiary/aromatic N) is 2. The predicted octanol–water partition coefficient (Wildman–Crippen LogP) is 5.30. The molecule has 4 rings (SSSR count). The molecule has 0 aliphatic rings. The monoisotopic (exact) mass is 527 g/mol. The molecule has 198 valence electrons. The summed E-state index contributed by atoms with van der Waals surface area (Å²) in [6.45, 7) is 4.46. The zero-order chi connectivity index (χ0) is 27.9. The second-order valence-corrected chi connectivity index (χ2v) is 8.57. The van der Waals surface area contributed by atoms with E-state index in [1.807, 2.05) is 13.8 Å². The second kappa shape index (κ2) is 12.0. The number of furan rings is 1. The third-order valence-electron chi connectivity index (χ3n) is 5.96. The molecule has 0 spiro atoms. The first kappa shape index (κ1) is 27.0. The Bertz CT molecular complexity index is 1550. The van der Waals surface area contributed by atoms with Crippen LogP contribution in [0.15, 0.2) is 71.3 Å². The fraction of sp³-hybridized carbons (Fsp3) is 0.172. The molecule has 0 fully saturated rings. The second-order valence-electron chi connectivity index (χ2n) is 8.57. The number of carbonyl (C=O) groups excluding carboxylic acids is 2. The van der Waals surface area contributed by atoms with Gasteiger partial charge >= 0.3 is 0 Å². The number of aromatic hydroxyl groups is 1. The predicted molar refractivity (Wildman–Crippen MR) is 144 cm³/mol. The van der Waals surface area contributed by atoms with Crippen LogP contribution in [0.3, 0.4) is 0 Å². The van der Waals surface area contributed by atoms with Crippen molar-refractivity contribution in [3.63, 3.8) is 0 Å². The topological polar surface area (TPSA) is 140 Å². The first-order chi connectivity index (χ1) is 18.8. The van der Waals surface area contributed by atoms with Gasteiger partial charge < -0.3 is 25.5 Å². The van der Waals surface area contributed by atoms with E-state index in [0.717, 1.165) is 6.07 Å². The van der Waals surface area contributed by atoms with Crippen molar-refractivity contribution in [1.82, 2.24) is 10.3 Å². The zero-order valence-corrected chi connectivity index (χ0v) is 21.3. The lowest BCUT2D eigenvalue weighted by Crippen LogP contribution is -2.39. The van der Waals surface area contributed by atoms with Gasteiger partial charge in [-0.15, -0.1) is 0 Å². The van der Waals surface area contributed by atoms with Crippen molar-refractivity contribution in [3.8, 4) is 34.2 Å². The van der Waals surface area contributed by atoms with Gasteiger partial charge in [-0.3, -0.25) is 9.59 Å². The molecule has 4 aromatic rings. The van der Waals surface area contributed by atoms with Crippen LogP contribution in [-0.4, -0.2) is 34.5 Å². The molecule has 9 nitrogen and oxygen atoms in total. The Morgan fingerprint density at radius 1 is 1.08 bits per heavy atom. The maximum atomic E-state index is 13.7. The number of carbonyl (C=O) groups is 2. The van der Waals surface area contributed by atoms with Gasteiger partial charge in [0.05, 0.1) is 18.0 Å². The average Bonchev–Trinajstić information content (AvgIpc) is 3.47. The number of anilines is 2. The van der Waals surface area contributed by atoms with Gasteiger partial charge in [-0.25, -0.2) is 9.37 Å². The molecule has 0 saturated carbocycles. The number of amides is 2. The number of halogens is 1. The maximum Gasteiger partial charge on any atom is 0.292 e. The van der Waals surface area contributed by atoms with E-state index in [9.17, 15) is 24.3 Å². The van der Waals surface area contributed by atoms with E-state index >= 15 is 0 Å². The number of pyridine rings is 1. The number of hydrogen-bond donors (Lipinski definition) is 4. The molecule has 0 saturated heterocycles. The third kappa shape index (κ3) is 6.11. The van der Waals surface area contributed by atoms with Crippen LogP contribution in [0.1, 0.15) is 36.4 Å². The molecule has 10 heteroatoms. The Balaban J connectivity index is 1.82. The highest BCUT2D eigenvalue weighted by atomic mass is 19.1. The van der Waals surface area contributed by atoms with Crippen molar-refractivity contribution >= 4 is 23.3 Å². The van der Waals surface area contributed by atoms with E-state index in [-0.39, 0.29) is 46.1 Å². The Morgan fingerprint density at radius 3 is 2.56 bits per heavy atom. The molecule has 4 N–H and O–H groups in total. The standard InChI is InChI=1S/C29H26FN5O4/c1-3-23(32-4-2)28(37)33-19-8-5-7-17(13-19)21-15-24(20-11-10-18(30)14-25(20)36)34-27(22(21)16-31)35-29(38)26-9-6-12-39-26/h5-15,23,32,36H,3-4H2,1-2H3,(H,33,37)(H,34,35,38). The summed E-state index contributed by atoms with van der Waals surface area (Å²) in [5, 5.41) is 29.1. The van der Waals surface area contributed by atoms with Crippen LogP contribution in [0, 0.1) is 17.1 Å². The number of rotatable bonds is 9. The van der Waals surface area contributed by atoms with Crippen LogP contribution in [0.25, 0.3) is 22.4 Å². The molecule has 2 amide bonds. The van der Waals surface area contributed by atoms with Crippen LogP contribution in [-0.2, 0) is 4.79 Å². The lowest BCUT2D eigenvalue weighted by Gasteiger charge is -2.17. The molecule has 0 radical (unpaired) electrons. The van der Waals surface area contributed by atoms with E-state index in [1.54, 1.807) is 36.4 Å². The average molecular weight is 528 g/mol. The minimum Gasteiger partial charge on any atom is -0.507 e. The molecule has 1 unspecified atom stereocenters. The van der Waals surface area contributed by atoms with Gasteiger partial charge in [0.15, 0.2) is 11.6 Å². The summed E-state index contributed by atoms with van der Waals surface area (Å²) >= 11 is 0. The number of hydrogen-bond acceptors (Lipinski definition) is 7.